The molecule has 3 aromatic rings. The van der Waals surface area contributed by atoms with E-state index in [0.717, 1.165) is 101 Å². The average molecular weight is 1030 g/mol. The molecule has 1 unspecified atom stereocenters. The third kappa shape index (κ3) is 20.8. The van der Waals surface area contributed by atoms with Gasteiger partial charge in [0.05, 0.1) is 11.9 Å². The van der Waals surface area contributed by atoms with Crippen molar-refractivity contribution in [3.05, 3.63) is 65.1 Å². The van der Waals surface area contributed by atoms with Gasteiger partial charge in [0.15, 0.2) is 5.82 Å². The van der Waals surface area contributed by atoms with Crippen LogP contribution in [0, 0.1) is 43.1 Å². The summed E-state index contributed by atoms with van der Waals surface area (Å²) in [5, 5.41) is 17.2. The second kappa shape index (κ2) is 35.2. The third-order valence-electron chi connectivity index (χ3n) is 13.1. The summed E-state index contributed by atoms with van der Waals surface area (Å²) >= 11 is 0. The fraction of sp³-hybridized carbons (Fsp3) is 0.593. The number of amides is 5. The second-order valence-corrected chi connectivity index (χ2v) is 18.3. The van der Waals surface area contributed by atoms with E-state index in [1.807, 2.05) is 71.8 Å². The highest BCUT2D eigenvalue weighted by Gasteiger charge is 2.31. The predicted molar refractivity (Wildman–Crippen MR) is 284 cm³/mol. The van der Waals surface area contributed by atoms with Gasteiger partial charge in [-0.05, 0) is 121 Å². The molecule has 0 radical (unpaired) electrons. The number of anilines is 2. The summed E-state index contributed by atoms with van der Waals surface area (Å²) < 4.78 is 43.4. The lowest BCUT2D eigenvalue weighted by Gasteiger charge is -2.38. The van der Waals surface area contributed by atoms with E-state index >= 15 is 0 Å². The molecule has 2 saturated heterocycles. The minimum atomic E-state index is -0.903. The first-order valence-corrected chi connectivity index (χ1v) is 25.8. The highest BCUT2D eigenvalue weighted by atomic mass is 19.1. The maximum atomic E-state index is 14.7. The summed E-state index contributed by atoms with van der Waals surface area (Å²) in [6.45, 7) is 25.5. The number of aryl methyl sites for hydroxylation is 2. The number of aromatic nitrogens is 2. The molecule has 4 N–H and O–H groups in total. The molecule has 2 fully saturated rings. The van der Waals surface area contributed by atoms with Crippen LogP contribution in [-0.2, 0) is 24.0 Å². The van der Waals surface area contributed by atoms with Crippen molar-refractivity contribution in [1.82, 2.24) is 30.0 Å². The van der Waals surface area contributed by atoms with Gasteiger partial charge in [-0.25, -0.2) is 28.1 Å². The largest absolute Gasteiger partial charge is 0.369 e. The van der Waals surface area contributed by atoms with Crippen LogP contribution in [0.15, 0.2) is 41.5 Å². The topological polar surface area (TPSA) is 201 Å². The number of amidine groups is 1. The number of piperidine rings is 2. The Labute approximate surface area is 432 Å². The predicted octanol–water partition coefficient (Wildman–Crippen LogP) is 10.6. The Bertz CT molecular complexity index is 2150. The van der Waals surface area contributed by atoms with Crippen molar-refractivity contribution in [2.24, 2.45) is 16.8 Å². The van der Waals surface area contributed by atoms with Gasteiger partial charge in [0.2, 0.25) is 37.0 Å². The fourth-order valence-corrected chi connectivity index (χ4v) is 8.39. The van der Waals surface area contributed by atoms with Crippen molar-refractivity contribution in [1.29, 1.82) is 0 Å². The van der Waals surface area contributed by atoms with E-state index < -0.39 is 23.6 Å². The monoisotopic (exact) mass is 1030 g/mol. The highest BCUT2D eigenvalue weighted by molar-refractivity contribution is 5.93. The van der Waals surface area contributed by atoms with E-state index in [1.54, 1.807) is 25.1 Å². The number of rotatable bonds is 19. The molecule has 2 aliphatic rings. The number of carbonyl (C=O) groups excluding carboxylic acids is 5. The molecule has 1 aromatic heterocycles. The van der Waals surface area contributed by atoms with Crippen molar-refractivity contribution in [2.75, 3.05) is 43.4 Å². The van der Waals surface area contributed by atoms with Gasteiger partial charge >= 0.3 is 0 Å². The number of hydrogen-bond donors (Lipinski definition) is 4. The van der Waals surface area contributed by atoms with Crippen molar-refractivity contribution in [2.45, 2.75) is 165 Å². The Kier molecular flexibility index (Phi) is 31.4. The molecule has 1 atom stereocenters. The number of benzene rings is 2. The van der Waals surface area contributed by atoms with E-state index in [1.165, 1.54) is 12.5 Å². The standard InChI is InChI=1S/C23H33F2N5.C21H31FN2O.C8H12N2O4.C2H6.H2O2/c1-7-9-18(10-8-2)28-23-26-14-20(25)22(29-23)17-11-12-21(19(24)13-17)27-16(5)30(6)15(3)4;1-4-17-5-9-24(10-6-17)21(25)18-7-11-23(12-8-18)20-14-16(3)15(2)13-19(20)22;1-2-3-7(8(14)9-4-11)10(5-12)6-13;2*1-2/h11-15,18H,7-10H2,1-6H3,(H,26,28,29);13-14,17-18H,4-12H2,1-3H3;4-7H,2-3H2,1H3,(H,9,11,14);1-2H3;1-2H. The van der Waals surface area contributed by atoms with E-state index in [4.69, 9.17) is 10.5 Å². The molecule has 408 valence electrons. The molecule has 16 nitrogen and oxygen atoms in total. The molecule has 3 heterocycles. The van der Waals surface area contributed by atoms with E-state index in [0.29, 0.717) is 46.7 Å². The van der Waals surface area contributed by atoms with Crippen LogP contribution in [0.25, 0.3) is 11.3 Å². The zero-order valence-corrected chi connectivity index (χ0v) is 45.4. The molecule has 5 rings (SSSR count). The summed E-state index contributed by atoms with van der Waals surface area (Å²) in [6, 6.07) is 7.60. The number of halogens is 3. The summed E-state index contributed by atoms with van der Waals surface area (Å²) in [5.74, 6) is 0.387. The smallest absolute Gasteiger partial charge is 0.249 e. The minimum absolute atomic E-state index is 0.0738. The van der Waals surface area contributed by atoms with Gasteiger partial charge in [-0.2, -0.15) is 0 Å². The van der Waals surface area contributed by atoms with E-state index in [-0.39, 0.29) is 54.4 Å². The number of imide groups is 2. The van der Waals surface area contributed by atoms with Crippen LogP contribution in [0.2, 0.25) is 0 Å². The quantitative estimate of drug-likeness (QED) is 0.0292. The summed E-state index contributed by atoms with van der Waals surface area (Å²) in [6.07, 6.45) is 12.0. The van der Waals surface area contributed by atoms with Crippen molar-refractivity contribution in [3.63, 3.8) is 0 Å². The van der Waals surface area contributed by atoms with Crippen LogP contribution in [0.4, 0.5) is 30.5 Å². The Balaban J connectivity index is 0.000000559. The number of aliphatic imine (C=N–C) groups is 1. The van der Waals surface area contributed by atoms with Gasteiger partial charge in [0, 0.05) is 56.8 Å². The van der Waals surface area contributed by atoms with Gasteiger partial charge in [-0.15, -0.1) is 0 Å². The molecule has 2 aromatic carbocycles. The van der Waals surface area contributed by atoms with Gasteiger partial charge in [0.1, 0.15) is 34.9 Å². The molecule has 0 aliphatic carbocycles. The van der Waals surface area contributed by atoms with Crippen molar-refractivity contribution < 1.29 is 47.7 Å². The van der Waals surface area contributed by atoms with Crippen LogP contribution in [0.5, 0.6) is 0 Å². The normalized spacial score (nSPS) is 14.2. The Hall–Kier alpha value is -5.95. The van der Waals surface area contributed by atoms with Crippen LogP contribution in [0.3, 0.4) is 0 Å². The van der Waals surface area contributed by atoms with Gasteiger partial charge in [0.25, 0.3) is 0 Å². The number of hydrogen-bond acceptors (Lipinski definition) is 12. The van der Waals surface area contributed by atoms with Crippen molar-refractivity contribution in [3.8, 4) is 11.3 Å². The molecule has 0 saturated carbocycles. The second-order valence-electron chi connectivity index (χ2n) is 18.3. The molecule has 0 spiro atoms. The molecule has 19 heteroatoms. The average Bonchev–Trinajstić information content (AvgIpc) is 3.40. The molecule has 0 bridgehead atoms. The Morgan fingerprint density at radius 2 is 1.41 bits per heavy atom. The number of nitrogens with one attached hydrogen (secondary N) is 2. The van der Waals surface area contributed by atoms with Crippen LogP contribution in [-0.4, -0.2) is 123 Å². The lowest BCUT2D eigenvalue weighted by Crippen LogP contribution is -2.45. The van der Waals surface area contributed by atoms with Crippen LogP contribution in [0.1, 0.15) is 144 Å². The summed E-state index contributed by atoms with van der Waals surface area (Å²) in [5.41, 5.74) is 3.44. The SMILES string of the molecule is CC.CCC1CCN(C(=O)C2CCN(c3cc(C)c(C)cc3F)CC2)CC1.CCCC(C(=O)NC=O)N(C=O)C=O.CCCC(CCC)Nc1ncc(F)c(-c2ccc(N=C(C)N(C)C(C)C)c(F)c2)n1.OO. The van der Waals surface area contributed by atoms with E-state index in [2.05, 4.69) is 50.8 Å². The first-order chi connectivity index (χ1) is 35.0. The van der Waals surface area contributed by atoms with E-state index in [9.17, 15) is 37.1 Å². The first-order valence-electron chi connectivity index (χ1n) is 25.8. The zero-order valence-electron chi connectivity index (χ0n) is 45.4. The lowest BCUT2D eigenvalue weighted by molar-refractivity contribution is -0.176. The van der Waals surface area contributed by atoms with Gasteiger partial charge in [-0.1, -0.05) is 73.3 Å². The maximum absolute atomic E-state index is 14.7. The lowest BCUT2D eigenvalue weighted by atomic mass is 9.91. The zero-order chi connectivity index (χ0) is 55.2. The fourth-order valence-electron chi connectivity index (χ4n) is 8.39. The number of carbonyl (C=O) groups is 5. The van der Waals surface area contributed by atoms with Crippen LogP contribution >= 0.6 is 0 Å². The number of nitrogens with zero attached hydrogens (tertiary/aromatic N) is 7. The van der Waals surface area contributed by atoms with Crippen molar-refractivity contribution >= 4 is 54.2 Å². The summed E-state index contributed by atoms with van der Waals surface area (Å²) in [7, 11) is 1.91. The third-order valence-corrected chi connectivity index (χ3v) is 13.1. The van der Waals surface area contributed by atoms with Crippen LogP contribution < -0.4 is 15.5 Å². The number of likely N-dealkylation sites (tertiary alicyclic amines) is 1. The molecule has 2 aliphatic heterocycles. The Morgan fingerprint density at radius 3 is 1.92 bits per heavy atom. The minimum Gasteiger partial charge on any atom is -0.369 e. The summed E-state index contributed by atoms with van der Waals surface area (Å²) in [4.78, 5) is 74.3. The highest BCUT2D eigenvalue weighted by Crippen LogP contribution is 2.31. The maximum Gasteiger partial charge on any atom is 0.249 e. The molecule has 73 heavy (non-hydrogen) atoms. The molecule has 5 amide bonds. The molecular weight excluding hydrogens is 944 g/mol. The first kappa shape index (κ1) is 65.1. The molecular formula is C54H84F3N9O7. The Morgan fingerprint density at radius 1 is 0.836 bits per heavy atom. The van der Waals surface area contributed by atoms with Gasteiger partial charge < -0.3 is 20.0 Å². The van der Waals surface area contributed by atoms with Gasteiger partial charge in [-0.3, -0.25) is 44.7 Å².